The maximum absolute atomic E-state index is 13.9. The van der Waals surface area contributed by atoms with Gasteiger partial charge in [-0.1, -0.05) is 35.3 Å². The van der Waals surface area contributed by atoms with Gasteiger partial charge in [0, 0.05) is 38.2 Å². The molecule has 0 unspecified atom stereocenters. The van der Waals surface area contributed by atoms with Crippen LogP contribution >= 0.6 is 23.2 Å². The summed E-state index contributed by atoms with van der Waals surface area (Å²) in [5.41, 5.74) is 0.155. The van der Waals surface area contributed by atoms with Crippen molar-refractivity contribution >= 4 is 62.7 Å². The third-order valence-electron chi connectivity index (χ3n) is 9.35. The van der Waals surface area contributed by atoms with Gasteiger partial charge in [-0.25, -0.2) is 13.2 Å². The molecule has 3 heterocycles. The van der Waals surface area contributed by atoms with Crippen molar-refractivity contribution in [3.63, 3.8) is 0 Å². The zero-order valence-corrected chi connectivity index (χ0v) is 34.2. The van der Waals surface area contributed by atoms with Crippen LogP contribution in [0.2, 0.25) is 10.0 Å². The van der Waals surface area contributed by atoms with E-state index < -0.39 is 59.2 Å². The Bertz CT molecular complexity index is 2220. The van der Waals surface area contributed by atoms with E-state index in [2.05, 4.69) is 4.74 Å². The number of morpholine rings is 1. The van der Waals surface area contributed by atoms with E-state index in [1.165, 1.54) is 36.4 Å². The molecular weight excluding hydrogens is 890 g/mol. The minimum absolute atomic E-state index is 0.00900. The number of hydrogen-bond acceptors (Lipinski definition) is 12. The van der Waals surface area contributed by atoms with Crippen LogP contribution in [0.1, 0.15) is 50.8 Å². The number of rotatable bonds is 16. The van der Waals surface area contributed by atoms with Crippen molar-refractivity contribution in [3.05, 3.63) is 86.3 Å². The Kier molecular flexibility index (Phi) is 15.2. The van der Waals surface area contributed by atoms with E-state index in [0.717, 1.165) is 35.8 Å². The molecular formula is C37H37Cl2F5N4O12S. The Hall–Kier alpha value is -5.03. The molecule has 1 saturated heterocycles. The van der Waals surface area contributed by atoms with E-state index in [0.29, 0.717) is 42.5 Å². The summed E-state index contributed by atoms with van der Waals surface area (Å²) in [6.07, 6.45) is -1.65. The first-order valence-corrected chi connectivity index (χ1v) is 20.8. The van der Waals surface area contributed by atoms with Crippen molar-refractivity contribution in [2.24, 2.45) is 5.92 Å². The van der Waals surface area contributed by atoms with Gasteiger partial charge in [0.25, 0.3) is 11.8 Å². The number of carbonyl (C=O) groups is 4. The molecule has 332 valence electrons. The van der Waals surface area contributed by atoms with Gasteiger partial charge in [-0.3, -0.25) is 28.5 Å². The Balaban J connectivity index is 0.000000925. The first kappa shape index (κ1) is 47.0. The maximum Gasteiger partial charge on any atom is 0.490 e. The highest BCUT2D eigenvalue weighted by Gasteiger charge is 2.41. The number of carboxylic acid groups (broad SMARTS) is 1. The molecule has 1 saturated carbocycles. The molecule has 24 heteroatoms. The summed E-state index contributed by atoms with van der Waals surface area (Å²) in [4.78, 5) is 52.7. The molecule has 2 aliphatic heterocycles. The zero-order chi connectivity index (χ0) is 44.8. The molecule has 2 aromatic carbocycles. The lowest BCUT2D eigenvalue weighted by Gasteiger charge is -2.30. The molecule has 3 aromatic rings. The SMILES string of the molecule is CS(=O)(=O)N(CCN1CCOCC1)c1cccc2c1C(=O)N(CC(=O)O[C@@H](Cc1c(Cl)c[n+]([O-])cc1Cl)c1ccc(OC(F)F)c(OCC3CC3)c1)C2=O.O=C(O)C(F)(F)F. The lowest BCUT2D eigenvalue weighted by Crippen LogP contribution is -2.43. The Morgan fingerprint density at radius 1 is 1.05 bits per heavy atom. The standard InChI is InChI=1S/C35H36Cl2F2N4O10S.C2HF3O2/c1-54(48,49)43(10-9-40-11-13-50-14-12-40)27-4-2-3-23-32(27)34(46)42(33(23)45)19-31(44)52-29(16-24-25(36)17-41(47)18-26(24)37)22-7-8-28(53-35(38)39)30(15-22)51-20-21-5-6-21;3-2(4,5)1(6)7/h2-4,7-8,15,17-18,21,29,35H,5-6,9-14,16,19-20H2,1H3;(H,6,7)/t29-;/m0./s1. The van der Waals surface area contributed by atoms with Gasteiger partial charge in [0.1, 0.15) is 22.7 Å². The monoisotopic (exact) mass is 926 g/mol. The molecule has 0 bridgehead atoms. The molecule has 1 atom stereocenters. The third-order valence-corrected chi connectivity index (χ3v) is 11.2. The molecule has 16 nitrogen and oxygen atoms in total. The van der Waals surface area contributed by atoms with E-state index in [1.54, 1.807) is 0 Å². The summed E-state index contributed by atoms with van der Waals surface area (Å²) >= 11 is 12.7. The van der Waals surface area contributed by atoms with Gasteiger partial charge < -0.3 is 29.3 Å². The fourth-order valence-corrected chi connectivity index (χ4v) is 7.70. The second-order valence-corrected chi connectivity index (χ2v) is 16.5. The molecule has 1 aromatic heterocycles. The van der Waals surface area contributed by atoms with Crippen molar-refractivity contribution in [2.75, 3.05) is 63.1 Å². The number of anilines is 1. The van der Waals surface area contributed by atoms with Crippen molar-refractivity contribution < 1.29 is 78.3 Å². The van der Waals surface area contributed by atoms with E-state index in [-0.39, 0.29) is 75.0 Å². The average Bonchev–Trinajstić information content (AvgIpc) is 3.97. The average molecular weight is 928 g/mol. The number of aliphatic carboxylic acids is 1. The van der Waals surface area contributed by atoms with Gasteiger partial charge in [0.05, 0.1) is 42.9 Å². The van der Waals surface area contributed by atoms with Crippen LogP contribution in [0.15, 0.2) is 48.8 Å². The molecule has 2 amide bonds. The van der Waals surface area contributed by atoms with E-state index in [1.807, 2.05) is 4.90 Å². The lowest BCUT2D eigenvalue weighted by molar-refractivity contribution is -0.605. The first-order chi connectivity index (χ1) is 28.6. The minimum Gasteiger partial charge on any atom is -0.619 e. The summed E-state index contributed by atoms with van der Waals surface area (Å²) < 4.78 is 107. The number of carboxylic acids is 1. The Labute approximate surface area is 354 Å². The summed E-state index contributed by atoms with van der Waals surface area (Å²) in [5, 5.41) is 18.9. The number of esters is 1. The fraction of sp³-hybridized carbons (Fsp3) is 0.432. The van der Waals surface area contributed by atoms with Gasteiger partial charge >= 0.3 is 24.7 Å². The molecule has 0 radical (unpaired) electrons. The second kappa shape index (κ2) is 19.8. The number of ether oxygens (including phenoxy) is 4. The highest BCUT2D eigenvalue weighted by atomic mass is 35.5. The number of benzene rings is 2. The first-order valence-electron chi connectivity index (χ1n) is 18.2. The number of aromatic nitrogens is 1. The maximum atomic E-state index is 13.9. The summed E-state index contributed by atoms with van der Waals surface area (Å²) in [6.45, 7) is -1.26. The second-order valence-electron chi connectivity index (χ2n) is 13.8. The Morgan fingerprint density at radius 2 is 1.69 bits per heavy atom. The summed E-state index contributed by atoms with van der Waals surface area (Å²) in [5.74, 6) is -5.61. The molecule has 2 fully saturated rings. The summed E-state index contributed by atoms with van der Waals surface area (Å²) in [6, 6.07) is 8.19. The molecule has 6 rings (SSSR count). The number of alkyl halides is 5. The number of pyridine rings is 1. The number of hydrogen-bond donors (Lipinski definition) is 1. The molecule has 3 aliphatic rings. The van der Waals surface area contributed by atoms with Crippen molar-refractivity contribution in [1.82, 2.24) is 9.80 Å². The van der Waals surface area contributed by atoms with Gasteiger partial charge in [0.15, 0.2) is 23.9 Å². The number of fused-ring (bicyclic) bond motifs is 1. The van der Waals surface area contributed by atoms with Gasteiger partial charge in [-0.05, 0) is 48.6 Å². The lowest BCUT2D eigenvalue weighted by atomic mass is 10.0. The fourth-order valence-electron chi connectivity index (χ4n) is 6.18. The van der Waals surface area contributed by atoms with Gasteiger partial charge in [-0.15, -0.1) is 0 Å². The number of imide groups is 1. The highest BCUT2D eigenvalue weighted by Crippen LogP contribution is 2.38. The van der Waals surface area contributed by atoms with Crippen LogP contribution in [0.5, 0.6) is 11.5 Å². The molecule has 0 spiro atoms. The van der Waals surface area contributed by atoms with Crippen LogP contribution in [0, 0.1) is 11.1 Å². The Morgan fingerprint density at radius 3 is 2.26 bits per heavy atom. The minimum atomic E-state index is -5.08. The van der Waals surface area contributed by atoms with E-state index in [4.69, 9.17) is 47.3 Å². The van der Waals surface area contributed by atoms with Crippen LogP contribution < -0.4 is 18.5 Å². The number of carbonyl (C=O) groups excluding carboxylic acids is 3. The van der Waals surface area contributed by atoms with E-state index >= 15 is 0 Å². The highest BCUT2D eigenvalue weighted by molar-refractivity contribution is 7.92. The van der Waals surface area contributed by atoms with Crippen LogP contribution in [0.25, 0.3) is 0 Å². The number of halogens is 7. The smallest absolute Gasteiger partial charge is 0.490 e. The predicted octanol–water partition coefficient (Wildman–Crippen LogP) is 4.87. The quantitative estimate of drug-likeness (QED) is 0.0673. The third kappa shape index (κ3) is 12.5. The molecule has 1 aliphatic carbocycles. The van der Waals surface area contributed by atoms with Crippen molar-refractivity contribution in [2.45, 2.75) is 38.2 Å². The largest absolute Gasteiger partial charge is 0.619 e. The summed E-state index contributed by atoms with van der Waals surface area (Å²) in [7, 11) is -3.93. The zero-order valence-electron chi connectivity index (χ0n) is 31.9. The van der Waals surface area contributed by atoms with Crippen molar-refractivity contribution in [1.29, 1.82) is 0 Å². The number of sulfonamides is 1. The number of amides is 2. The number of nitrogens with zero attached hydrogens (tertiary/aromatic N) is 4. The molecule has 61 heavy (non-hydrogen) atoms. The van der Waals surface area contributed by atoms with E-state index in [9.17, 15) is 50.0 Å². The molecule has 1 N–H and O–H groups in total. The predicted molar refractivity (Wildman–Crippen MR) is 204 cm³/mol. The van der Waals surface area contributed by atoms with Crippen LogP contribution in [0.3, 0.4) is 0 Å². The van der Waals surface area contributed by atoms with Gasteiger partial charge in [-0.2, -0.15) is 26.7 Å². The van der Waals surface area contributed by atoms with Crippen molar-refractivity contribution in [3.8, 4) is 11.5 Å². The van der Waals surface area contributed by atoms with Crippen LogP contribution in [0.4, 0.5) is 27.6 Å². The topological polar surface area (TPSA) is 196 Å². The van der Waals surface area contributed by atoms with Crippen LogP contribution in [-0.2, 0) is 35.5 Å². The normalized spacial score (nSPS) is 16.1. The van der Waals surface area contributed by atoms with Gasteiger partial charge in [0.2, 0.25) is 10.0 Å². The van der Waals surface area contributed by atoms with Crippen LogP contribution in [-0.4, -0.2) is 119 Å².